The van der Waals surface area contributed by atoms with E-state index < -0.39 is 23.7 Å². The summed E-state index contributed by atoms with van der Waals surface area (Å²) in [5.41, 5.74) is -0.621. The number of amides is 1. The summed E-state index contributed by atoms with van der Waals surface area (Å²) in [5, 5.41) is 16.1. The van der Waals surface area contributed by atoms with Crippen LogP contribution in [0.4, 0.5) is 4.39 Å². The van der Waals surface area contributed by atoms with Crippen molar-refractivity contribution in [2.24, 2.45) is 0 Å². The second kappa shape index (κ2) is 8.05. The molecule has 3 aromatic rings. The third kappa shape index (κ3) is 4.09. The number of hydrogen-bond acceptors (Lipinski definition) is 4. The second-order valence-corrected chi connectivity index (χ2v) is 7.84. The zero-order valence-electron chi connectivity index (χ0n) is 15.7. The lowest BCUT2D eigenvalue weighted by molar-refractivity contribution is -0.0455. The number of nitrogens with zero attached hydrogens (tertiary/aromatic N) is 2. The van der Waals surface area contributed by atoms with Gasteiger partial charge in [0.1, 0.15) is 23.1 Å². The summed E-state index contributed by atoms with van der Waals surface area (Å²) in [6, 6.07) is 13.5. The van der Waals surface area contributed by atoms with Crippen molar-refractivity contribution in [1.29, 1.82) is 0 Å². The molecule has 5 nitrogen and oxygen atoms in total. The molecule has 1 aliphatic rings. The number of aliphatic hydroxyl groups is 1. The molecule has 4 rings (SSSR count). The van der Waals surface area contributed by atoms with Gasteiger partial charge < -0.3 is 10.4 Å². The zero-order valence-corrected chi connectivity index (χ0v) is 16.4. The average Bonchev–Trinajstić information content (AvgIpc) is 2.73. The summed E-state index contributed by atoms with van der Waals surface area (Å²) in [7, 11) is 0. The lowest BCUT2D eigenvalue weighted by Crippen LogP contribution is -2.49. The number of benzene rings is 1. The molecule has 29 heavy (non-hydrogen) atoms. The number of rotatable bonds is 4. The Balaban J connectivity index is 1.71. The van der Waals surface area contributed by atoms with Crippen molar-refractivity contribution >= 4 is 28.3 Å². The van der Waals surface area contributed by atoms with E-state index in [1.54, 1.807) is 24.4 Å². The Labute approximate surface area is 172 Å². The molecule has 1 amide bonds. The zero-order chi connectivity index (χ0) is 20.4. The molecule has 1 aromatic carbocycles. The summed E-state index contributed by atoms with van der Waals surface area (Å²) < 4.78 is 13.7. The average molecular weight is 414 g/mol. The smallest absolute Gasteiger partial charge is 0.271 e. The highest BCUT2D eigenvalue weighted by molar-refractivity contribution is 6.29. The predicted octanol–water partition coefficient (Wildman–Crippen LogP) is 4.40. The minimum atomic E-state index is -1.32. The minimum Gasteiger partial charge on any atom is -0.387 e. The van der Waals surface area contributed by atoms with E-state index in [0.717, 1.165) is 5.39 Å². The number of pyridine rings is 2. The van der Waals surface area contributed by atoms with Crippen LogP contribution in [0.1, 0.15) is 47.9 Å². The molecule has 0 aliphatic heterocycles. The van der Waals surface area contributed by atoms with Crippen LogP contribution in [-0.2, 0) is 0 Å². The summed E-state index contributed by atoms with van der Waals surface area (Å²) in [6.07, 6.45) is 1.53. The lowest BCUT2D eigenvalue weighted by Gasteiger charge is -2.40. The van der Waals surface area contributed by atoms with Gasteiger partial charge in [-0.1, -0.05) is 41.9 Å². The molecule has 1 aliphatic carbocycles. The fraction of sp³-hybridized carbons (Fsp3) is 0.318. The topological polar surface area (TPSA) is 75.1 Å². The van der Waals surface area contributed by atoms with Gasteiger partial charge in [-0.15, -0.1) is 0 Å². The van der Waals surface area contributed by atoms with Crippen molar-refractivity contribution in [3.63, 3.8) is 0 Å². The van der Waals surface area contributed by atoms with Crippen LogP contribution in [0.15, 0.2) is 54.7 Å². The third-order valence-corrected chi connectivity index (χ3v) is 5.73. The number of fused-ring (bicyclic) bond motifs is 1. The van der Waals surface area contributed by atoms with Crippen LogP contribution in [0.2, 0.25) is 5.15 Å². The quantitative estimate of drug-likeness (QED) is 0.622. The van der Waals surface area contributed by atoms with Crippen LogP contribution in [-0.4, -0.2) is 32.8 Å². The number of hydrogen-bond donors (Lipinski definition) is 2. The molecule has 2 N–H and O–H groups in total. The molecule has 1 atom stereocenters. The van der Waals surface area contributed by atoms with Crippen molar-refractivity contribution in [3.8, 4) is 0 Å². The molecule has 2 aromatic heterocycles. The Kier molecular flexibility index (Phi) is 5.48. The van der Waals surface area contributed by atoms with E-state index in [4.69, 9.17) is 11.6 Å². The second-order valence-electron chi connectivity index (χ2n) is 7.45. The first kappa shape index (κ1) is 19.7. The first-order valence-corrected chi connectivity index (χ1v) is 9.97. The number of halogens is 2. The fourth-order valence-corrected chi connectivity index (χ4v) is 4.11. The van der Waals surface area contributed by atoms with Gasteiger partial charge in [-0.25, -0.2) is 9.37 Å². The maximum Gasteiger partial charge on any atom is 0.271 e. The van der Waals surface area contributed by atoms with E-state index in [1.165, 1.54) is 0 Å². The molecule has 1 fully saturated rings. The molecule has 2 heterocycles. The Hall–Kier alpha value is -2.57. The Morgan fingerprint density at radius 3 is 2.69 bits per heavy atom. The first-order valence-electron chi connectivity index (χ1n) is 9.60. The standard InChI is InChI=1S/C22H21ClFN3O2/c23-18-7-3-6-17(26-18)20(22(29)11-8-15(24)9-12-22)27-21(28)19-16-5-2-1-4-14(16)10-13-25-19/h1-7,10,13,15,20,29H,8-9,11-12H2,(H,27,28)/t15-,20?,22+. The molecule has 0 saturated heterocycles. The van der Waals surface area contributed by atoms with Gasteiger partial charge in [-0.05, 0) is 49.3 Å². The SMILES string of the molecule is O=C(NC(c1cccc(Cl)n1)[C@]1(O)CC[C@@H](F)CC1)c1nccc2ccccc12. The van der Waals surface area contributed by atoms with Crippen molar-refractivity contribution in [3.05, 3.63) is 71.3 Å². The van der Waals surface area contributed by atoms with Crippen molar-refractivity contribution < 1.29 is 14.3 Å². The van der Waals surface area contributed by atoms with E-state index in [0.29, 0.717) is 11.1 Å². The molecular weight excluding hydrogens is 393 g/mol. The lowest BCUT2D eigenvalue weighted by atomic mass is 9.77. The van der Waals surface area contributed by atoms with Gasteiger partial charge in [0.15, 0.2) is 0 Å². The Morgan fingerprint density at radius 2 is 1.93 bits per heavy atom. The van der Waals surface area contributed by atoms with Crippen LogP contribution >= 0.6 is 11.6 Å². The molecule has 1 unspecified atom stereocenters. The monoisotopic (exact) mass is 413 g/mol. The van der Waals surface area contributed by atoms with Gasteiger partial charge in [-0.3, -0.25) is 9.78 Å². The number of carbonyl (C=O) groups excluding carboxylic acids is 1. The minimum absolute atomic E-state index is 0.219. The van der Waals surface area contributed by atoms with Crippen LogP contribution < -0.4 is 5.32 Å². The van der Waals surface area contributed by atoms with Gasteiger partial charge >= 0.3 is 0 Å². The van der Waals surface area contributed by atoms with Gasteiger partial charge in [-0.2, -0.15) is 0 Å². The number of nitrogens with one attached hydrogen (secondary N) is 1. The summed E-state index contributed by atoms with van der Waals surface area (Å²) in [4.78, 5) is 21.7. The normalized spacial score (nSPS) is 22.9. The highest BCUT2D eigenvalue weighted by atomic mass is 35.5. The predicted molar refractivity (Wildman–Crippen MR) is 110 cm³/mol. The molecule has 7 heteroatoms. The molecule has 0 bridgehead atoms. The van der Waals surface area contributed by atoms with Crippen molar-refractivity contribution in [2.75, 3.05) is 0 Å². The third-order valence-electron chi connectivity index (χ3n) is 5.51. The van der Waals surface area contributed by atoms with Gasteiger partial charge in [0.05, 0.1) is 11.3 Å². The van der Waals surface area contributed by atoms with E-state index in [9.17, 15) is 14.3 Å². The van der Waals surface area contributed by atoms with E-state index in [1.807, 2.05) is 30.3 Å². The van der Waals surface area contributed by atoms with Gasteiger partial charge in [0.2, 0.25) is 0 Å². The maximum absolute atomic E-state index is 13.7. The van der Waals surface area contributed by atoms with E-state index in [2.05, 4.69) is 15.3 Å². The van der Waals surface area contributed by atoms with Crippen LogP contribution in [0.3, 0.4) is 0 Å². The van der Waals surface area contributed by atoms with Crippen molar-refractivity contribution in [1.82, 2.24) is 15.3 Å². The Morgan fingerprint density at radius 1 is 1.17 bits per heavy atom. The van der Waals surface area contributed by atoms with Crippen molar-refractivity contribution in [2.45, 2.75) is 43.5 Å². The number of aromatic nitrogens is 2. The highest BCUT2D eigenvalue weighted by Crippen LogP contribution is 2.39. The number of alkyl halides is 1. The number of carbonyl (C=O) groups is 1. The van der Waals surface area contributed by atoms with Crippen LogP contribution in [0.5, 0.6) is 0 Å². The maximum atomic E-state index is 13.7. The Bertz CT molecular complexity index is 1030. The fourth-order valence-electron chi connectivity index (χ4n) is 3.94. The van der Waals surface area contributed by atoms with E-state index in [-0.39, 0.29) is 36.5 Å². The summed E-state index contributed by atoms with van der Waals surface area (Å²) in [6.45, 7) is 0. The highest BCUT2D eigenvalue weighted by Gasteiger charge is 2.43. The van der Waals surface area contributed by atoms with Crippen LogP contribution in [0.25, 0.3) is 10.8 Å². The molecular formula is C22H21ClFN3O2. The van der Waals surface area contributed by atoms with E-state index >= 15 is 0 Å². The van der Waals surface area contributed by atoms with Gasteiger partial charge in [0, 0.05) is 11.6 Å². The molecule has 1 saturated carbocycles. The largest absolute Gasteiger partial charge is 0.387 e. The van der Waals surface area contributed by atoms with Gasteiger partial charge in [0.25, 0.3) is 5.91 Å². The molecule has 0 spiro atoms. The molecule has 150 valence electrons. The van der Waals surface area contributed by atoms with Crippen LogP contribution in [0, 0.1) is 0 Å². The molecule has 0 radical (unpaired) electrons. The summed E-state index contributed by atoms with van der Waals surface area (Å²) >= 11 is 6.05. The first-order chi connectivity index (χ1) is 14.0. The summed E-state index contributed by atoms with van der Waals surface area (Å²) in [5.74, 6) is -0.427.